The number of amides is 1. The van der Waals surface area contributed by atoms with Crippen molar-refractivity contribution in [2.45, 2.75) is 50.0 Å². The second-order valence-electron chi connectivity index (χ2n) is 8.48. The Labute approximate surface area is 189 Å². The zero-order chi connectivity index (χ0) is 22.7. The van der Waals surface area contributed by atoms with Gasteiger partial charge in [0.05, 0.1) is 10.9 Å². The van der Waals surface area contributed by atoms with Crippen LogP contribution in [0.3, 0.4) is 0 Å². The zero-order valence-electron chi connectivity index (χ0n) is 18.7. The Morgan fingerprint density at radius 2 is 1.75 bits per heavy atom. The molecule has 7 heteroatoms. The standard InChI is InChI=1S/C25H30N2O4S/c1-19(24-18-21-8-4-5-9-23(21)31-24)26(2)25(28)15-12-20-10-13-22(14-11-20)32(29,30)27-16-6-3-7-17-27/h4-5,8-11,13-14,18-19H,3,6-7,12,15-17H2,1-2H3. The highest BCUT2D eigenvalue weighted by Crippen LogP contribution is 2.27. The number of carbonyl (C=O) groups is 1. The first kappa shape index (κ1) is 22.6. The molecule has 0 aliphatic carbocycles. The van der Waals surface area contributed by atoms with Crippen molar-refractivity contribution in [1.82, 2.24) is 9.21 Å². The number of piperidine rings is 1. The van der Waals surface area contributed by atoms with Gasteiger partial charge in [-0.15, -0.1) is 0 Å². The third-order valence-electron chi connectivity index (χ3n) is 6.33. The predicted octanol–water partition coefficient (Wildman–Crippen LogP) is 4.76. The Hall–Kier alpha value is -2.64. The zero-order valence-corrected chi connectivity index (χ0v) is 19.5. The van der Waals surface area contributed by atoms with Crippen LogP contribution in [0.1, 0.15) is 50.0 Å². The molecule has 0 radical (unpaired) electrons. The number of hydrogen-bond donors (Lipinski definition) is 0. The largest absolute Gasteiger partial charge is 0.459 e. The molecule has 1 fully saturated rings. The Morgan fingerprint density at radius 3 is 2.44 bits per heavy atom. The van der Waals surface area contributed by atoms with Crippen LogP contribution in [-0.2, 0) is 21.2 Å². The Morgan fingerprint density at radius 1 is 1.06 bits per heavy atom. The number of rotatable bonds is 7. The van der Waals surface area contributed by atoms with E-state index >= 15 is 0 Å². The van der Waals surface area contributed by atoms with Crippen LogP contribution in [0, 0.1) is 0 Å². The van der Waals surface area contributed by atoms with E-state index in [1.54, 1.807) is 28.4 Å². The van der Waals surface area contributed by atoms with E-state index < -0.39 is 10.0 Å². The average molecular weight is 455 g/mol. The third-order valence-corrected chi connectivity index (χ3v) is 8.25. The summed E-state index contributed by atoms with van der Waals surface area (Å²) in [6.07, 6.45) is 3.82. The van der Waals surface area contributed by atoms with Crippen molar-refractivity contribution in [1.29, 1.82) is 0 Å². The van der Waals surface area contributed by atoms with Crippen molar-refractivity contribution in [2.75, 3.05) is 20.1 Å². The maximum atomic E-state index is 12.8. The number of furan rings is 1. The maximum absolute atomic E-state index is 12.8. The molecule has 2 aromatic carbocycles. The number of para-hydroxylation sites is 1. The molecule has 1 aliphatic heterocycles. The van der Waals surface area contributed by atoms with E-state index in [1.807, 2.05) is 49.4 Å². The number of sulfonamides is 1. The number of nitrogens with zero attached hydrogens (tertiary/aromatic N) is 2. The second kappa shape index (κ2) is 9.46. The SMILES string of the molecule is CC(c1cc2ccccc2o1)N(C)C(=O)CCc1ccc(S(=O)(=O)N2CCCCC2)cc1. The van der Waals surface area contributed by atoms with Crippen molar-refractivity contribution in [3.05, 3.63) is 65.9 Å². The summed E-state index contributed by atoms with van der Waals surface area (Å²) in [5.74, 6) is 0.775. The van der Waals surface area contributed by atoms with E-state index in [0.29, 0.717) is 30.8 Å². The molecular weight excluding hydrogens is 424 g/mol. The third kappa shape index (κ3) is 4.74. The van der Waals surface area contributed by atoms with Crippen LogP contribution in [0.4, 0.5) is 0 Å². The lowest BCUT2D eigenvalue weighted by Gasteiger charge is -2.26. The van der Waals surface area contributed by atoms with Gasteiger partial charge in [-0.05, 0) is 56.0 Å². The van der Waals surface area contributed by atoms with Crippen molar-refractivity contribution in [2.24, 2.45) is 0 Å². The van der Waals surface area contributed by atoms with E-state index in [0.717, 1.165) is 41.6 Å². The van der Waals surface area contributed by atoms with E-state index in [4.69, 9.17) is 4.42 Å². The molecule has 2 heterocycles. The van der Waals surface area contributed by atoms with Gasteiger partial charge >= 0.3 is 0 Å². The molecule has 1 saturated heterocycles. The maximum Gasteiger partial charge on any atom is 0.243 e. The van der Waals surface area contributed by atoms with Gasteiger partial charge in [0.2, 0.25) is 15.9 Å². The molecule has 0 saturated carbocycles. The topological polar surface area (TPSA) is 70.8 Å². The van der Waals surface area contributed by atoms with Gasteiger partial charge in [0.1, 0.15) is 11.3 Å². The minimum absolute atomic E-state index is 0.0166. The van der Waals surface area contributed by atoms with Gasteiger partial charge in [0, 0.05) is 31.9 Å². The quantitative estimate of drug-likeness (QED) is 0.516. The molecule has 1 atom stereocenters. The molecular formula is C25H30N2O4S. The Bertz CT molecular complexity index is 1150. The summed E-state index contributed by atoms with van der Waals surface area (Å²) in [7, 11) is -1.64. The Kier molecular flexibility index (Phi) is 6.67. The number of hydrogen-bond acceptors (Lipinski definition) is 4. The normalized spacial score (nSPS) is 16.2. The summed E-state index contributed by atoms with van der Waals surface area (Å²) in [4.78, 5) is 14.8. The van der Waals surface area contributed by atoms with Gasteiger partial charge in [0.15, 0.2) is 0 Å². The van der Waals surface area contributed by atoms with Crippen molar-refractivity contribution in [3.8, 4) is 0 Å². The number of benzene rings is 2. The van der Waals surface area contributed by atoms with Crippen LogP contribution >= 0.6 is 0 Å². The molecule has 1 aliphatic rings. The van der Waals surface area contributed by atoms with Gasteiger partial charge in [-0.3, -0.25) is 4.79 Å². The van der Waals surface area contributed by atoms with Crippen LogP contribution in [-0.4, -0.2) is 43.7 Å². The predicted molar refractivity (Wildman–Crippen MR) is 125 cm³/mol. The van der Waals surface area contributed by atoms with Gasteiger partial charge < -0.3 is 9.32 Å². The molecule has 6 nitrogen and oxygen atoms in total. The van der Waals surface area contributed by atoms with Crippen molar-refractivity contribution >= 4 is 26.9 Å². The highest BCUT2D eigenvalue weighted by molar-refractivity contribution is 7.89. The number of aryl methyl sites for hydroxylation is 1. The Balaban J connectivity index is 1.36. The van der Waals surface area contributed by atoms with Gasteiger partial charge in [0.25, 0.3) is 0 Å². The monoisotopic (exact) mass is 454 g/mol. The van der Waals surface area contributed by atoms with Crippen LogP contribution in [0.15, 0.2) is 63.9 Å². The van der Waals surface area contributed by atoms with Gasteiger partial charge in [-0.25, -0.2) is 8.42 Å². The van der Waals surface area contributed by atoms with Gasteiger partial charge in [-0.2, -0.15) is 4.31 Å². The van der Waals surface area contributed by atoms with E-state index in [1.165, 1.54) is 0 Å². The molecule has 3 aromatic rings. The number of fused-ring (bicyclic) bond motifs is 1. The molecule has 0 spiro atoms. The van der Waals surface area contributed by atoms with Crippen LogP contribution < -0.4 is 0 Å². The molecule has 1 amide bonds. The lowest BCUT2D eigenvalue weighted by molar-refractivity contribution is -0.132. The fourth-order valence-electron chi connectivity index (χ4n) is 4.13. The summed E-state index contributed by atoms with van der Waals surface area (Å²) in [6.45, 7) is 3.14. The summed E-state index contributed by atoms with van der Waals surface area (Å²) in [5.41, 5.74) is 1.76. The van der Waals surface area contributed by atoms with Crippen molar-refractivity contribution < 1.29 is 17.6 Å². The first-order chi connectivity index (χ1) is 15.4. The van der Waals surface area contributed by atoms with Crippen LogP contribution in [0.5, 0.6) is 0 Å². The molecule has 0 bridgehead atoms. The van der Waals surface area contributed by atoms with E-state index in [9.17, 15) is 13.2 Å². The van der Waals surface area contributed by atoms with Crippen molar-refractivity contribution in [3.63, 3.8) is 0 Å². The lowest BCUT2D eigenvalue weighted by Crippen LogP contribution is -2.35. The number of carbonyl (C=O) groups excluding carboxylic acids is 1. The van der Waals surface area contributed by atoms with Crippen LogP contribution in [0.25, 0.3) is 11.0 Å². The second-order valence-corrected chi connectivity index (χ2v) is 10.4. The lowest BCUT2D eigenvalue weighted by atomic mass is 10.1. The van der Waals surface area contributed by atoms with Crippen LogP contribution in [0.2, 0.25) is 0 Å². The summed E-state index contributed by atoms with van der Waals surface area (Å²) < 4.78 is 33.0. The molecule has 170 valence electrons. The molecule has 1 unspecified atom stereocenters. The molecule has 0 N–H and O–H groups in total. The van der Waals surface area contributed by atoms with E-state index in [2.05, 4.69) is 0 Å². The smallest absolute Gasteiger partial charge is 0.243 e. The highest BCUT2D eigenvalue weighted by Gasteiger charge is 2.26. The minimum atomic E-state index is -3.43. The molecule has 32 heavy (non-hydrogen) atoms. The first-order valence-corrected chi connectivity index (χ1v) is 12.6. The first-order valence-electron chi connectivity index (χ1n) is 11.2. The average Bonchev–Trinajstić information content (AvgIpc) is 3.27. The minimum Gasteiger partial charge on any atom is -0.459 e. The summed E-state index contributed by atoms with van der Waals surface area (Å²) in [6, 6.07) is 16.5. The summed E-state index contributed by atoms with van der Waals surface area (Å²) >= 11 is 0. The molecule has 4 rings (SSSR count). The van der Waals surface area contributed by atoms with Gasteiger partial charge in [-0.1, -0.05) is 36.8 Å². The fourth-order valence-corrected chi connectivity index (χ4v) is 5.64. The highest BCUT2D eigenvalue weighted by atomic mass is 32.2. The fraction of sp³-hybridized carbons (Fsp3) is 0.400. The molecule has 1 aromatic heterocycles. The summed E-state index contributed by atoms with van der Waals surface area (Å²) in [5, 5.41) is 1.02. The van der Waals surface area contributed by atoms with E-state index in [-0.39, 0.29) is 11.9 Å².